The van der Waals surface area contributed by atoms with Crippen molar-refractivity contribution in [2.24, 2.45) is 0 Å². The van der Waals surface area contributed by atoms with Gasteiger partial charge in [0.15, 0.2) is 19.7 Å². The third kappa shape index (κ3) is 15.3. The summed E-state index contributed by atoms with van der Waals surface area (Å²) in [5.41, 5.74) is 0. The first kappa shape index (κ1) is 17.3. The van der Waals surface area contributed by atoms with E-state index in [1.165, 1.54) is 36.0 Å². The molecule has 0 aromatic rings. The van der Waals surface area contributed by atoms with Crippen LogP contribution in [0.15, 0.2) is 0 Å². The van der Waals surface area contributed by atoms with Gasteiger partial charge in [-0.25, -0.2) is 16.8 Å². The van der Waals surface area contributed by atoms with Gasteiger partial charge in [0.05, 0.1) is 20.3 Å². The summed E-state index contributed by atoms with van der Waals surface area (Å²) in [5, 5.41) is 1.66. The molecule has 0 heterocycles. The highest BCUT2D eigenvalue weighted by atomic mass is 33.1. The molecule has 98 valence electrons. The molecule has 0 unspecified atom stereocenters. The quantitative estimate of drug-likeness (QED) is 0.357. The van der Waals surface area contributed by atoms with Crippen molar-refractivity contribution in [1.29, 1.82) is 0 Å². The van der Waals surface area contributed by atoms with Gasteiger partial charge in [-0.3, -0.25) is 0 Å². The molecule has 0 saturated heterocycles. The summed E-state index contributed by atoms with van der Waals surface area (Å²) in [7, 11) is -2.68. The minimum absolute atomic E-state index is 0.136. The van der Waals surface area contributed by atoms with Crippen molar-refractivity contribution in [2.75, 3.05) is 32.9 Å². The number of rotatable bonds is 9. The van der Waals surface area contributed by atoms with Crippen LogP contribution in [0.25, 0.3) is 0 Å². The molecule has 0 atom stereocenters. The largest absolute Gasteiger partial charge is 0.228 e. The predicted octanol–water partition coefficient (Wildman–Crippen LogP) is 1.75. The van der Waals surface area contributed by atoms with E-state index in [0.29, 0.717) is 10.2 Å². The van der Waals surface area contributed by atoms with Crippen molar-refractivity contribution in [2.45, 2.75) is 0 Å². The molecule has 0 spiro atoms. The van der Waals surface area contributed by atoms with Crippen molar-refractivity contribution in [3.05, 3.63) is 0 Å². The summed E-state index contributed by atoms with van der Waals surface area (Å²) >= 11 is 2.70. The van der Waals surface area contributed by atoms with Gasteiger partial charge in [-0.2, -0.15) is 0 Å². The molecule has 0 radical (unpaired) electrons. The fourth-order valence-corrected chi connectivity index (χ4v) is 8.24. The second-order valence-corrected chi connectivity index (χ2v) is 13.1. The third-order valence-electron chi connectivity index (χ3n) is 0.941. The van der Waals surface area contributed by atoms with Crippen LogP contribution < -0.4 is 0 Å². The van der Waals surface area contributed by atoms with Gasteiger partial charge < -0.3 is 0 Å². The summed E-state index contributed by atoms with van der Waals surface area (Å²) in [6, 6.07) is 0. The lowest BCUT2D eigenvalue weighted by Gasteiger charge is -2.00. The van der Waals surface area contributed by atoms with E-state index in [1.54, 1.807) is 21.6 Å². The van der Waals surface area contributed by atoms with Crippen LogP contribution in [0.4, 0.5) is 0 Å². The van der Waals surface area contributed by atoms with Gasteiger partial charge in [0, 0.05) is 12.5 Å². The van der Waals surface area contributed by atoms with Crippen LogP contribution in [-0.4, -0.2) is 49.7 Å². The zero-order valence-corrected chi connectivity index (χ0v) is 13.8. The Morgan fingerprint density at radius 2 is 1.06 bits per heavy atom. The van der Waals surface area contributed by atoms with Crippen molar-refractivity contribution < 1.29 is 16.8 Å². The molecule has 0 aliphatic heterocycles. The van der Waals surface area contributed by atoms with Gasteiger partial charge in [0.1, 0.15) is 0 Å². The summed E-state index contributed by atoms with van der Waals surface area (Å²) < 4.78 is 43.1. The van der Waals surface area contributed by atoms with Crippen molar-refractivity contribution in [1.82, 2.24) is 0 Å². The van der Waals surface area contributed by atoms with E-state index in [2.05, 4.69) is 0 Å². The van der Waals surface area contributed by atoms with Crippen LogP contribution in [0, 0.1) is 0 Å². The maximum absolute atomic E-state index is 10.8. The lowest BCUT2D eigenvalue weighted by atomic mass is 11.8. The molecule has 0 rings (SSSR count). The first-order chi connectivity index (χ1) is 7.21. The molecule has 0 fully saturated rings. The number of sulfone groups is 2. The predicted molar refractivity (Wildman–Crippen MR) is 79.5 cm³/mol. The SMILES string of the molecule is CS(=O)(=O)CSCSSCSCS(C)(=O)=O. The Hall–Kier alpha value is 1.30. The normalized spacial score (nSPS) is 12.9. The van der Waals surface area contributed by atoms with E-state index < -0.39 is 19.7 Å². The first-order valence-electron chi connectivity index (χ1n) is 3.96. The van der Waals surface area contributed by atoms with E-state index >= 15 is 0 Å². The molecule has 0 aromatic carbocycles. The number of thioether (sulfide) groups is 2. The first-order valence-corrected chi connectivity index (χ1v) is 12.9. The highest BCUT2D eigenvalue weighted by Crippen LogP contribution is 2.29. The molecule has 0 aliphatic rings. The Bertz CT molecular complexity index is 334. The summed E-state index contributed by atoms with van der Waals surface area (Å²) in [5.74, 6) is 0. The Labute approximate surface area is 114 Å². The summed E-state index contributed by atoms with van der Waals surface area (Å²) in [4.78, 5) is 0. The van der Waals surface area contributed by atoms with Crippen LogP contribution in [0.5, 0.6) is 0 Å². The number of hydrogen-bond donors (Lipinski definition) is 0. The molecule has 0 amide bonds. The van der Waals surface area contributed by atoms with Crippen LogP contribution >= 0.6 is 45.1 Å². The average molecular weight is 343 g/mol. The van der Waals surface area contributed by atoms with Crippen LogP contribution in [0.1, 0.15) is 0 Å². The molecule has 4 nitrogen and oxygen atoms in total. The summed E-state index contributed by atoms with van der Waals surface area (Å²) in [6.45, 7) is 0. The monoisotopic (exact) mass is 342 g/mol. The molecule has 16 heavy (non-hydrogen) atoms. The Morgan fingerprint density at radius 3 is 1.31 bits per heavy atom. The fourth-order valence-electron chi connectivity index (χ4n) is 0.507. The maximum atomic E-state index is 10.8. The van der Waals surface area contributed by atoms with Crippen LogP contribution in [0.3, 0.4) is 0 Å². The second-order valence-electron chi connectivity index (χ2n) is 2.97. The minimum Gasteiger partial charge on any atom is -0.228 e. The second kappa shape index (κ2) is 8.41. The Kier molecular flexibility index (Phi) is 9.09. The van der Waals surface area contributed by atoms with Gasteiger partial charge in [-0.05, 0) is 0 Å². The molecular weight excluding hydrogens is 328 g/mol. The molecule has 0 N–H and O–H groups in total. The van der Waals surface area contributed by atoms with E-state index in [-0.39, 0.29) is 10.2 Å². The molecule has 0 saturated carbocycles. The highest BCUT2D eigenvalue weighted by molar-refractivity contribution is 8.79. The Balaban J connectivity index is 3.29. The van der Waals surface area contributed by atoms with Crippen molar-refractivity contribution in [3.63, 3.8) is 0 Å². The summed E-state index contributed by atoms with van der Waals surface area (Å²) in [6.07, 6.45) is 2.42. The molecular formula is C6H14O4S6. The standard InChI is InChI=1S/C6H14O4S6/c1-15(7,8)5-11-3-13-14-4-12-6-16(2,9)10/h3-6H2,1-2H3. The van der Waals surface area contributed by atoms with Crippen molar-refractivity contribution in [3.8, 4) is 0 Å². The van der Waals surface area contributed by atoms with E-state index in [4.69, 9.17) is 0 Å². The fraction of sp³-hybridized carbons (Fsp3) is 1.00. The van der Waals surface area contributed by atoms with Gasteiger partial charge in [-0.1, -0.05) is 21.6 Å². The van der Waals surface area contributed by atoms with Gasteiger partial charge in [0.25, 0.3) is 0 Å². The van der Waals surface area contributed by atoms with Crippen LogP contribution in [-0.2, 0) is 19.7 Å². The molecule has 0 bridgehead atoms. The van der Waals surface area contributed by atoms with Crippen LogP contribution in [0.2, 0.25) is 0 Å². The van der Waals surface area contributed by atoms with Crippen molar-refractivity contribution >= 4 is 64.8 Å². The van der Waals surface area contributed by atoms with E-state index in [9.17, 15) is 16.8 Å². The smallest absolute Gasteiger partial charge is 0.156 e. The zero-order chi connectivity index (χ0) is 12.7. The Morgan fingerprint density at radius 1 is 0.750 bits per heavy atom. The molecule has 10 heteroatoms. The topological polar surface area (TPSA) is 68.3 Å². The van der Waals surface area contributed by atoms with Gasteiger partial charge in [-0.15, -0.1) is 23.5 Å². The number of hydrogen-bond acceptors (Lipinski definition) is 8. The van der Waals surface area contributed by atoms with E-state index in [0.717, 1.165) is 0 Å². The minimum atomic E-state index is -2.89. The van der Waals surface area contributed by atoms with Gasteiger partial charge in [0.2, 0.25) is 0 Å². The molecule has 0 aromatic heterocycles. The maximum Gasteiger partial charge on any atom is 0.156 e. The van der Waals surface area contributed by atoms with Gasteiger partial charge >= 0.3 is 0 Å². The zero-order valence-electron chi connectivity index (χ0n) is 8.91. The molecule has 0 aliphatic carbocycles. The lowest BCUT2D eigenvalue weighted by Crippen LogP contribution is -1.99. The third-order valence-corrected chi connectivity index (χ3v) is 10.2. The van der Waals surface area contributed by atoms with E-state index in [1.807, 2.05) is 0 Å². The average Bonchev–Trinajstić information content (AvgIpc) is 2.06. The lowest BCUT2D eigenvalue weighted by molar-refractivity contribution is 0.604. The highest BCUT2D eigenvalue weighted by Gasteiger charge is 2.03.